The van der Waals surface area contributed by atoms with Crippen LogP contribution in [0.2, 0.25) is 0 Å². The van der Waals surface area contributed by atoms with Gasteiger partial charge >= 0.3 is 5.97 Å². The van der Waals surface area contributed by atoms with Gasteiger partial charge in [0, 0.05) is 17.8 Å². The van der Waals surface area contributed by atoms with Gasteiger partial charge in [0.1, 0.15) is 12.6 Å². The molecule has 1 spiro atoms. The van der Waals surface area contributed by atoms with Crippen LogP contribution in [0.1, 0.15) is 32.3 Å². The van der Waals surface area contributed by atoms with Crippen molar-refractivity contribution in [3.8, 4) is 0 Å². The Hall–Kier alpha value is -2.58. The predicted octanol–water partition coefficient (Wildman–Crippen LogP) is 2.59. The number of thioether (sulfide) groups is 1. The van der Waals surface area contributed by atoms with Crippen LogP contribution in [0.4, 0.5) is 0 Å². The van der Waals surface area contributed by atoms with E-state index in [1.807, 2.05) is 66.5 Å². The Morgan fingerprint density at radius 2 is 1.94 bits per heavy atom. The van der Waals surface area contributed by atoms with Crippen LogP contribution in [0.5, 0.6) is 0 Å². The van der Waals surface area contributed by atoms with E-state index in [4.69, 9.17) is 4.74 Å². The van der Waals surface area contributed by atoms with Gasteiger partial charge in [-0.15, -0.1) is 11.8 Å². The third-order valence-corrected chi connectivity index (χ3v) is 9.78. The van der Waals surface area contributed by atoms with E-state index in [0.29, 0.717) is 13.0 Å². The molecule has 192 valence electrons. The Morgan fingerprint density at radius 1 is 1.17 bits per heavy atom. The monoisotopic (exact) mass is 510 g/mol. The quantitative estimate of drug-likeness (QED) is 0.448. The highest BCUT2D eigenvalue weighted by Gasteiger charge is 2.71. The number of cyclic esters (lactones) is 1. The van der Waals surface area contributed by atoms with Crippen molar-refractivity contribution in [2.75, 3.05) is 19.8 Å². The van der Waals surface area contributed by atoms with Crippen molar-refractivity contribution in [1.29, 1.82) is 0 Å². The maximum Gasteiger partial charge on any atom is 0.311 e. The maximum atomic E-state index is 14.3. The molecule has 0 bridgehead atoms. The van der Waals surface area contributed by atoms with Crippen molar-refractivity contribution in [3.63, 3.8) is 0 Å². The second-order valence-electron chi connectivity index (χ2n) is 10.2. The van der Waals surface area contributed by atoms with Crippen molar-refractivity contribution in [3.05, 3.63) is 60.2 Å². The fourth-order valence-electron chi connectivity index (χ4n) is 6.43. The predicted molar refractivity (Wildman–Crippen MR) is 138 cm³/mol. The number of nitrogens with zero attached hydrogens (tertiary/aromatic N) is 2. The Kier molecular flexibility index (Phi) is 7.01. The van der Waals surface area contributed by atoms with E-state index in [1.165, 1.54) is 11.8 Å². The summed E-state index contributed by atoms with van der Waals surface area (Å²) in [5.41, 5.74) is 0.977. The number of hydrogen-bond acceptors (Lipinski definition) is 6. The van der Waals surface area contributed by atoms with Crippen molar-refractivity contribution in [1.82, 2.24) is 9.80 Å². The van der Waals surface area contributed by atoms with E-state index in [9.17, 15) is 19.5 Å². The molecular weight excluding hydrogens is 476 g/mol. The highest BCUT2D eigenvalue weighted by molar-refractivity contribution is 8.02. The van der Waals surface area contributed by atoms with Gasteiger partial charge in [0.25, 0.3) is 0 Å². The molecule has 7 atom stereocenters. The molecule has 4 aliphatic rings. The Labute approximate surface area is 216 Å². The average Bonchev–Trinajstić information content (AvgIpc) is 3.17. The third-order valence-electron chi connectivity index (χ3n) is 8.04. The first-order valence-electron chi connectivity index (χ1n) is 12.9. The summed E-state index contributed by atoms with van der Waals surface area (Å²) in [7, 11) is 0. The Morgan fingerprint density at radius 3 is 2.67 bits per heavy atom. The van der Waals surface area contributed by atoms with E-state index >= 15 is 0 Å². The molecule has 36 heavy (non-hydrogen) atoms. The molecule has 0 saturated carbocycles. The zero-order valence-electron chi connectivity index (χ0n) is 20.8. The standard InChI is InChI=1S/C28H34N2O5S/c1-3-9-18(2)29-14-8-13-28-23(22-21(36-28)12-7-15-35-27(22)34)25(32)30(24(28)26(29)33)20(17-31)16-19-10-5-4-6-11-19/h4-8,10-13,18,20-24,31H,3,9,14-17H2,1-2H3/t18?,20-,21-,22+,23+,24?,28+/m1/s1. The zero-order valence-corrected chi connectivity index (χ0v) is 21.6. The van der Waals surface area contributed by atoms with Crippen LogP contribution in [0.15, 0.2) is 54.6 Å². The minimum atomic E-state index is -0.894. The van der Waals surface area contributed by atoms with Gasteiger partial charge in [-0.1, -0.05) is 68.0 Å². The number of aliphatic hydroxyl groups is 1. The lowest BCUT2D eigenvalue weighted by Gasteiger charge is -2.40. The number of benzene rings is 1. The smallest absolute Gasteiger partial charge is 0.311 e. The van der Waals surface area contributed by atoms with E-state index in [2.05, 4.69) is 6.92 Å². The van der Waals surface area contributed by atoms with Crippen LogP contribution in [-0.4, -0.2) is 80.6 Å². The molecule has 5 rings (SSSR count). The van der Waals surface area contributed by atoms with Gasteiger partial charge in [0.05, 0.1) is 29.2 Å². The highest BCUT2D eigenvalue weighted by Crippen LogP contribution is 2.61. The lowest BCUT2D eigenvalue weighted by atomic mass is 9.78. The molecule has 4 heterocycles. The number of carbonyl (C=O) groups excluding carboxylic acids is 3. The van der Waals surface area contributed by atoms with Gasteiger partial charge in [0.15, 0.2) is 0 Å². The minimum Gasteiger partial charge on any atom is -0.461 e. The number of hydrogen-bond donors (Lipinski definition) is 1. The first-order valence-corrected chi connectivity index (χ1v) is 13.8. The van der Waals surface area contributed by atoms with Crippen molar-refractivity contribution in [2.24, 2.45) is 11.8 Å². The minimum absolute atomic E-state index is 0.0155. The number of carbonyl (C=O) groups is 3. The summed E-state index contributed by atoms with van der Waals surface area (Å²) in [6.07, 6.45) is 10.0. The first-order chi connectivity index (χ1) is 17.4. The summed E-state index contributed by atoms with van der Waals surface area (Å²) < 4.78 is 4.54. The van der Waals surface area contributed by atoms with Crippen molar-refractivity contribution in [2.45, 2.75) is 61.2 Å². The molecule has 8 heteroatoms. The molecule has 2 unspecified atom stereocenters. The average molecular weight is 511 g/mol. The molecule has 4 aliphatic heterocycles. The first kappa shape index (κ1) is 25.1. The molecule has 0 radical (unpaired) electrons. The summed E-state index contributed by atoms with van der Waals surface area (Å²) >= 11 is 1.53. The van der Waals surface area contributed by atoms with Crippen molar-refractivity contribution < 1.29 is 24.2 Å². The van der Waals surface area contributed by atoms with E-state index < -0.39 is 34.6 Å². The van der Waals surface area contributed by atoms with Gasteiger partial charge in [-0.3, -0.25) is 14.4 Å². The topological polar surface area (TPSA) is 87.2 Å². The number of ether oxygens (including phenoxy) is 1. The van der Waals surface area contributed by atoms with E-state index in [0.717, 1.165) is 18.4 Å². The van der Waals surface area contributed by atoms with Crippen LogP contribution in [0.25, 0.3) is 0 Å². The molecule has 7 nitrogen and oxygen atoms in total. The normalized spacial score (nSPS) is 32.9. The van der Waals surface area contributed by atoms with Crippen LogP contribution in [0, 0.1) is 11.8 Å². The molecule has 2 amide bonds. The van der Waals surface area contributed by atoms with E-state index in [-0.39, 0.29) is 36.3 Å². The number of rotatable bonds is 7. The largest absolute Gasteiger partial charge is 0.461 e. The van der Waals surface area contributed by atoms with Crippen molar-refractivity contribution >= 4 is 29.5 Å². The SMILES string of the molecule is CCCC(C)N1CC=C[C@]23S[C@@H]4C=CCOC(=O)[C@@H]4[C@H]2C(=O)N([C@@H](CO)Cc2ccccc2)C3C1=O. The summed E-state index contributed by atoms with van der Waals surface area (Å²) in [4.78, 5) is 45.2. The molecule has 1 N–H and O–H groups in total. The zero-order chi connectivity index (χ0) is 25.4. The number of fused-ring (bicyclic) bond motifs is 2. The maximum absolute atomic E-state index is 14.3. The molecule has 2 saturated heterocycles. The van der Waals surface area contributed by atoms with Crippen LogP contribution >= 0.6 is 11.8 Å². The molecule has 2 fully saturated rings. The van der Waals surface area contributed by atoms with Gasteiger partial charge in [-0.2, -0.15) is 0 Å². The number of aliphatic hydroxyl groups excluding tert-OH is 1. The lowest BCUT2D eigenvalue weighted by molar-refractivity contribution is -0.152. The fraction of sp³-hybridized carbons (Fsp3) is 0.536. The Bertz CT molecular complexity index is 1070. The summed E-state index contributed by atoms with van der Waals surface area (Å²) in [5.74, 6) is -2.13. The number of esters is 1. The summed E-state index contributed by atoms with van der Waals surface area (Å²) in [6.45, 7) is 4.52. The molecule has 0 aromatic heterocycles. The highest BCUT2D eigenvalue weighted by atomic mass is 32.2. The third kappa shape index (κ3) is 3.98. The second kappa shape index (κ2) is 10.1. The van der Waals surface area contributed by atoms with Gasteiger partial charge in [-0.25, -0.2) is 0 Å². The van der Waals surface area contributed by atoms with E-state index in [1.54, 1.807) is 4.90 Å². The molecule has 0 aliphatic carbocycles. The van der Waals surface area contributed by atoms with Gasteiger partial charge in [0.2, 0.25) is 11.8 Å². The summed E-state index contributed by atoms with van der Waals surface area (Å²) in [5, 5.41) is 10.3. The van der Waals surface area contributed by atoms with Gasteiger partial charge < -0.3 is 19.6 Å². The lowest BCUT2D eigenvalue weighted by Crippen LogP contribution is -2.58. The molecule has 1 aromatic carbocycles. The summed E-state index contributed by atoms with van der Waals surface area (Å²) in [6, 6.07) is 8.33. The van der Waals surface area contributed by atoms with Crippen LogP contribution in [0.3, 0.4) is 0 Å². The van der Waals surface area contributed by atoms with Crippen LogP contribution < -0.4 is 0 Å². The Balaban J connectivity index is 1.61. The fourth-order valence-corrected chi connectivity index (χ4v) is 8.41. The second-order valence-corrected chi connectivity index (χ2v) is 11.7. The van der Waals surface area contributed by atoms with Crippen LogP contribution in [-0.2, 0) is 25.5 Å². The number of likely N-dealkylation sites (tertiary alicyclic amines) is 1. The molecular formula is C28H34N2O5S. The number of amides is 2. The van der Waals surface area contributed by atoms with Gasteiger partial charge in [-0.05, 0) is 25.3 Å². The molecule has 1 aromatic rings.